The lowest BCUT2D eigenvalue weighted by molar-refractivity contribution is -0.143. The Balaban J connectivity index is 2.27. The first-order valence-electron chi connectivity index (χ1n) is 5.98. The summed E-state index contributed by atoms with van der Waals surface area (Å²) in [5.41, 5.74) is 0. The molecule has 1 aromatic heterocycles. The number of oxazole rings is 1. The van der Waals surface area contributed by atoms with Crippen molar-refractivity contribution in [2.24, 2.45) is 0 Å². The average Bonchev–Trinajstić information content (AvgIpc) is 2.74. The van der Waals surface area contributed by atoms with Crippen LogP contribution < -0.4 is 5.32 Å². The Bertz CT molecular complexity index is 349. The minimum absolute atomic E-state index is 0.0472. The molecule has 0 bridgehead atoms. The fourth-order valence-electron chi connectivity index (χ4n) is 1.40. The third-order valence-corrected chi connectivity index (χ3v) is 2.33. The van der Waals surface area contributed by atoms with Crippen LogP contribution >= 0.6 is 0 Å². The summed E-state index contributed by atoms with van der Waals surface area (Å²) in [6.45, 7) is 6.70. The molecule has 17 heavy (non-hydrogen) atoms. The highest BCUT2D eigenvalue weighted by molar-refractivity contribution is 5.69. The van der Waals surface area contributed by atoms with Crippen molar-refractivity contribution in [1.82, 2.24) is 10.3 Å². The van der Waals surface area contributed by atoms with Gasteiger partial charge in [-0.25, -0.2) is 4.98 Å². The smallest absolute Gasteiger partial charge is 0.307 e. The summed E-state index contributed by atoms with van der Waals surface area (Å²) in [5.74, 6) is 1.34. The molecule has 1 unspecified atom stereocenters. The standard InChI is InChI=1S/C12H20N2O3/c1-4-10-7-14-11(17-10)8-13-9(3)6-12(15)16-5-2/h7,9,13H,4-6,8H2,1-3H3. The predicted octanol–water partition coefficient (Wildman–Crippen LogP) is 1.67. The predicted molar refractivity (Wildman–Crippen MR) is 63.4 cm³/mol. The van der Waals surface area contributed by atoms with E-state index in [1.165, 1.54) is 0 Å². The molecule has 0 aliphatic rings. The van der Waals surface area contributed by atoms with Gasteiger partial charge in [-0.15, -0.1) is 0 Å². The van der Waals surface area contributed by atoms with Crippen molar-refractivity contribution in [3.05, 3.63) is 17.8 Å². The fraction of sp³-hybridized carbons (Fsp3) is 0.667. The zero-order chi connectivity index (χ0) is 12.7. The van der Waals surface area contributed by atoms with Gasteiger partial charge in [0.15, 0.2) is 0 Å². The SMILES string of the molecule is CCOC(=O)CC(C)NCc1ncc(CC)o1. The molecule has 5 nitrogen and oxygen atoms in total. The van der Waals surface area contributed by atoms with Crippen molar-refractivity contribution < 1.29 is 13.9 Å². The largest absolute Gasteiger partial charge is 0.466 e. The maximum atomic E-state index is 11.2. The molecule has 0 radical (unpaired) electrons. The van der Waals surface area contributed by atoms with E-state index < -0.39 is 0 Å². The molecule has 1 rings (SSSR count). The Morgan fingerprint density at radius 2 is 2.35 bits per heavy atom. The van der Waals surface area contributed by atoms with Crippen molar-refractivity contribution in [2.75, 3.05) is 6.61 Å². The van der Waals surface area contributed by atoms with Gasteiger partial charge in [0.05, 0.1) is 25.8 Å². The summed E-state index contributed by atoms with van der Waals surface area (Å²) in [5, 5.41) is 3.17. The molecule has 1 N–H and O–H groups in total. The number of aryl methyl sites for hydroxylation is 1. The maximum absolute atomic E-state index is 11.2. The molecular weight excluding hydrogens is 220 g/mol. The number of esters is 1. The van der Waals surface area contributed by atoms with Crippen LogP contribution in [0.4, 0.5) is 0 Å². The van der Waals surface area contributed by atoms with E-state index in [-0.39, 0.29) is 12.0 Å². The van der Waals surface area contributed by atoms with Gasteiger partial charge < -0.3 is 14.5 Å². The Morgan fingerprint density at radius 3 is 2.94 bits per heavy atom. The number of nitrogens with zero attached hydrogens (tertiary/aromatic N) is 1. The molecule has 0 amide bonds. The summed E-state index contributed by atoms with van der Waals surface area (Å²) in [7, 11) is 0. The molecular formula is C12H20N2O3. The first-order chi connectivity index (χ1) is 8.15. The molecule has 0 fully saturated rings. The van der Waals surface area contributed by atoms with Gasteiger partial charge in [0, 0.05) is 12.5 Å². The topological polar surface area (TPSA) is 64.4 Å². The number of nitrogens with one attached hydrogen (secondary N) is 1. The van der Waals surface area contributed by atoms with Crippen LogP contribution in [0, 0.1) is 0 Å². The minimum atomic E-state index is -0.186. The van der Waals surface area contributed by atoms with Crippen LogP contribution in [0.15, 0.2) is 10.6 Å². The number of hydrogen-bond donors (Lipinski definition) is 1. The third kappa shape index (κ3) is 4.99. The van der Waals surface area contributed by atoms with E-state index in [2.05, 4.69) is 10.3 Å². The van der Waals surface area contributed by atoms with Gasteiger partial charge in [-0.2, -0.15) is 0 Å². The van der Waals surface area contributed by atoms with Crippen molar-refractivity contribution in [3.8, 4) is 0 Å². The van der Waals surface area contributed by atoms with Gasteiger partial charge in [-0.3, -0.25) is 4.79 Å². The zero-order valence-electron chi connectivity index (χ0n) is 10.7. The number of hydrogen-bond acceptors (Lipinski definition) is 5. The Kier molecular flexibility index (Phi) is 5.69. The van der Waals surface area contributed by atoms with Crippen LogP contribution in [0.3, 0.4) is 0 Å². The molecule has 1 atom stereocenters. The Morgan fingerprint density at radius 1 is 1.59 bits per heavy atom. The number of ether oxygens (including phenoxy) is 1. The summed E-state index contributed by atoms with van der Waals surface area (Å²) >= 11 is 0. The van der Waals surface area contributed by atoms with Gasteiger partial charge in [0.2, 0.25) is 5.89 Å². The van der Waals surface area contributed by atoms with Crippen LogP contribution in [-0.2, 0) is 22.5 Å². The van der Waals surface area contributed by atoms with Crippen molar-refractivity contribution in [3.63, 3.8) is 0 Å². The molecule has 96 valence electrons. The fourth-order valence-corrected chi connectivity index (χ4v) is 1.40. The Labute approximate surface area is 102 Å². The number of carbonyl (C=O) groups is 1. The van der Waals surface area contributed by atoms with Crippen molar-refractivity contribution in [1.29, 1.82) is 0 Å². The third-order valence-electron chi connectivity index (χ3n) is 2.33. The average molecular weight is 240 g/mol. The lowest BCUT2D eigenvalue weighted by atomic mass is 10.2. The number of rotatable bonds is 7. The molecule has 1 heterocycles. The monoisotopic (exact) mass is 240 g/mol. The van der Waals surface area contributed by atoms with Crippen molar-refractivity contribution in [2.45, 2.75) is 46.2 Å². The first-order valence-corrected chi connectivity index (χ1v) is 5.98. The van der Waals surface area contributed by atoms with Crippen LogP contribution in [0.2, 0.25) is 0 Å². The highest BCUT2D eigenvalue weighted by atomic mass is 16.5. The molecule has 0 aromatic carbocycles. The first kappa shape index (κ1) is 13.7. The molecule has 0 aliphatic carbocycles. The van der Waals surface area contributed by atoms with E-state index >= 15 is 0 Å². The summed E-state index contributed by atoms with van der Waals surface area (Å²) in [6, 6.07) is 0.0472. The maximum Gasteiger partial charge on any atom is 0.307 e. The van der Waals surface area contributed by atoms with E-state index in [4.69, 9.17) is 9.15 Å². The van der Waals surface area contributed by atoms with Crippen LogP contribution in [0.1, 0.15) is 38.8 Å². The van der Waals surface area contributed by atoms with Gasteiger partial charge in [-0.1, -0.05) is 6.92 Å². The number of aromatic nitrogens is 1. The summed E-state index contributed by atoms with van der Waals surface area (Å²) in [6.07, 6.45) is 2.92. The number of carbonyl (C=O) groups excluding carboxylic acids is 1. The van der Waals surface area contributed by atoms with E-state index in [1.54, 1.807) is 13.1 Å². The minimum Gasteiger partial charge on any atom is -0.466 e. The zero-order valence-corrected chi connectivity index (χ0v) is 10.7. The molecule has 0 aliphatic heterocycles. The van der Waals surface area contributed by atoms with E-state index in [1.807, 2.05) is 13.8 Å². The molecule has 0 saturated carbocycles. The molecule has 0 spiro atoms. The van der Waals surface area contributed by atoms with E-state index in [9.17, 15) is 4.79 Å². The highest BCUT2D eigenvalue weighted by Gasteiger charge is 2.10. The van der Waals surface area contributed by atoms with Crippen LogP contribution in [-0.4, -0.2) is 23.6 Å². The van der Waals surface area contributed by atoms with Crippen LogP contribution in [0.25, 0.3) is 0 Å². The second-order valence-corrected chi connectivity index (χ2v) is 3.86. The summed E-state index contributed by atoms with van der Waals surface area (Å²) in [4.78, 5) is 15.3. The van der Waals surface area contributed by atoms with Gasteiger partial charge >= 0.3 is 5.97 Å². The van der Waals surface area contributed by atoms with Gasteiger partial charge in [0.1, 0.15) is 5.76 Å². The van der Waals surface area contributed by atoms with Gasteiger partial charge in [-0.05, 0) is 13.8 Å². The van der Waals surface area contributed by atoms with E-state index in [0.29, 0.717) is 25.5 Å². The quantitative estimate of drug-likeness (QED) is 0.734. The second kappa shape index (κ2) is 7.06. The molecule has 0 saturated heterocycles. The normalized spacial score (nSPS) is 12.4. The van der Waals surface area contributed by atoms with Crippen molar-refractivity contribution >= 4 is 5.97 Å². The van der Waals surface area contributed by atoms with Crippen LogP contribution in [0.5, 0.6) is 0 Å². The van der Waals surface area contributed by atoms with E-state index in [0.717, 1.165) is 12.2 Å². The highest BCUT2D eigenvalue weighted by Crippen LogP contribution is 2.04. The molecule has 5 heteroatoms. The molecule has 1 aromatic rings. The Hall–Kier alpha value is -1.36. The van der Waals surface area contributed by atoms with Gasteiger partial charge in [0.25, 0.3) is 0 Å². The summed E-state index contributed by atoms with van der Waals surface area (Å²) < 4.78 is 10.3. The lowest BCUT2D eigenvalue weighted by Gasteiger charge is -2.11. The lowest BCUT2D eigenvalue weighted by Crippen LogP contribution is -2.28. The second-order valence-electron chi connectivity index (χ2n) is 3.86.